The number of hydrogen-bond acceptors (Lipinski definition) is 4. The van der Waals surface area contributed by atoms with Gasteiger partial charge in [0, 0.05) is 13.7 Å². The fourth-order valence-corrected chi connectivity index (χ4v) is 2.53. The Morgan fingerprint density at radius 1 is 0.950 bits per heavy atom. The van der Waals surface area contributed by atoms with E-state index in [0.29, 0.717) is 6.61 Å². The van der Waals surface area contributed by atoms with Crippen LogP contribution in [0.15, 0.2) is 21.1 Å². The van der Waals surface area contributed by atoms with Crippen LogP contribution in [0.2, 0.25) is 0 Å². The van der Waals surface area contributed by atoms with Gasteiger partial charge in [-0.3, -0.25) is 0 Å². The number of benzene rings is 1. The van der Waals surface area contributed by atoms with Crippen LogP contribution in [0.5, 0.6) is 11.5 Å². The van der Waals surface area contributed by atoms with E-state index in [1.165, 1.54) is 0 Å². The molecule has 1 rings (SSSR count). The first-order valence-corrected chi connectivity index (χ1v) is 8.13. The van der Waals surface area contributed by atoms with Gasteiger partial charge in [-0.2, -0.15) is 0 Å². The van der Waals surface area contributed by atoms with E-state index in [-0.39, 0.29) is 0 Å². The number of methoxy groups -OCH3 is 2. The van der Waals surface area contributed by atoms with E-state index >= 15 is 0 Å². The van der Waals surface area contributed by atoms with Crippen LogP contribution in [-0.2, 0) is 4.74 Å². The van der Waals surface area contributed by atoms with E-state index in [1.807, 2.05) is 12.1 Å². The highest BCUT2D eigenvalue weighted by Crippen LogP contribution is 2.35. The first-order valence-electron chi connectivity index (χ1n) is 6.54. The van der Waals surface area contributed by atoms with Crippen LogP contribution in [-0.4, -0.2) is 40.5 Å². The normalized spacial score (nSPS) is 10.6. The van der Waals surface area contributed by atoms with Crippen molar-refractivity contribution in [2.24, 2.45) is 0 Å². The molecule has 1 N–H and O–H groups in total. The number of halogens is 2. The van der Waals surface area contributed by atoms with E-state index in [4.69, 9.17) is 14.2 Å². The molecule has 0 heterocycles. The van der Waals surface area contributed by atoms with Crippen LogP contribution in [0, 0.1) is 0 Å². The molecule has 1 aromatic carbocycles. The van der Waals surface area contributed by atoms with Gasteiger partial charge in [0.25, 0.3) is 0 Å². The minimum Gasteiger partial charge on any atom is -0.496 e. The van der Waals surface area contributed by atoms with Crippen molar-refractivity contribution in [3.63, 3.8) is 0 Å². The molecule has 0 aliphatic heterocycles. The van der Waals surface area contributed by atoms with E-state index in [1.54, 1.807) is 14.2 Å². The Balaban J connectivity index is 2.23. The number of hydrogen-bond donors (Lipinski definition) is 1. The fourth-order valence-electron chi connectivity index (χ4n) is 1.61. The Bertz CT molecular complexity index is 402. The predicted octanol–water partition coefficient (Wildman–Crippen LogP) is 3.62. The van der Waals surface area contributed by atoms with Crippen LogP contribution in [0.3, 0.4) is 0 Å². The summed E-state index contributed by atoms with van der Waals surface area (Å²) in [6, 6.07) is 3.81. The second-order valence-corrected chi connectivity index (χ2v) is 5.92. The molecule has 0 aromatic heterocycles. The Morgan fingerprint density at radius 3 is 2.35 bits per heavy atom. The molecule has 4 nitrogen and oxygen atoms in total. The van der Waals surface area contributed by atoms with Gasteiger partial charge in [0.1, 0.15) is 11.5 Å². The molecule has 0 aliphatic carbocycles. The lowest BCUT2D eigenvalue weighted by atomic mass is 10.3. The lowest BCUT2D eigenvalue weighted by Gasteiger charge is -2.11. The van der Waals surface area contributed by atoms with Gasteiger partial charge < -0.3 is 19.5 Å². The molecule has 6 heteroatoms. The summed E-state index contributed by atoms with van der Waals surface area (Å²) in [4.78, 5) is 0. The van der Waals surface area contributed by atoms with Gasteiger partial charge in [-0.1, -0.05) is 0 Å². The summed E-state index contributed by atoms with van der Waals surface area (Å²) in [6.07, 6.45) is 2.09. The molecule has 0 saturated heterocycles. The molecular weight excluding hydrogens is 390 g/mol. The van der Waals surface area contributed by atoms with Crippen LogP contribution < -0.4 is 14.8 Å². The minimum absolute atomic E-state index is 0.698. The maximum Gasteiger partial charge on any atom is 0.134 e. The molecule has 1 aromatic rings. The summed E-state index contributed by atoms with van der Waals surface area (Å²) >= 11 is 6.93. The van der Waals surface area contributed by atoms with Gasteiger partial charge in [0.15, 0.2) is 0 Å². The van der Waals surface area contributed by atoms with Gasteiger partial charge in [0.2, 0.25) is 0 Å². The van der Waals surface area contributed by atoms with Gasteiger partial charge in [-0.05, 0) is 63.4 Å². The zero-order valence-electron chi connectivity index (χ0n) is 11.9. The molecule has 0 saturated carbocycles. The summed E-state index contributed by atoms with van der Waals surface area (Å²) in [5.41, 5.74) is 0. The molecule has 0 aliphatic rings. The van der Waals surface area contributed by atoms with Crippen LogP contribution in [0.4, 0.5) is 0 Å². The zero-order valence-corrected chi connectivity index (χ0v) is 15.1. The molecule has 0 unspecified atom stereocenters. The Hall–Kier alpha value is -0.300. The van der Waals surface area contributed by atoms with Gasteiger partial charge in [-0.25, -0.2) is 0 Å². The van der Waals surface area contributed by atoms with Gasteiger partial charge >= 0.3 is 0 Å². The summed E-state index contributed by atoms with van der Waals surface area (Å²) in [5.74, 6) is 1.61. The first kappa shape index (κ1) is 17.8. The standard InChI is InChI=1S/C14H21Br2NO3/c1-18-8-6-17-5-3-4-7-20-14-10-11(15)13(19-2)9-12(14)16/h9-10,17H,3-8H2,1-2H3. The second kappa shape index (κ2) is 10.4. The van der Waals surface area contributed by atoms with Gasteiger partial charge in [0.05, 0.1) is 29.3 Å². The average Bonchev–Trinajstić information content (AvgIpc) is 2.44. The summed E-state index contributed by atoms with van der Waals surface area (Å²) in [6.45, 7) is 3.33. The molecular formula is C14H21Br2NO3. The summed E-state index contributed by atoms with van der Waals surface area (Å²) < 4.78 is 17.7. The quantitative estimate of drug-likeness (QED) is 0.598. The lowest BCUT2D eigenvalue weighted by molar-refractivity contribution is 0.199. The van der Waals surface area contributed by atoms with E-state index < -0.39 is 0 Å². The highest BCUT2D eigenvalue weighted by atomic mass is 79.9. The number of rotatable bonds is 10. The van der Waals surface area contributed by atoms with Crippen molar-refractivity contribution >= 4 is 31.9 Å². The highest BCUT2D eigenvalue weighted by molar-refractivity contribution is 9.11. The van der Waals surface area contributed by atoms with Crippen LogP contribution >= 0.6 is 31.9 Å². The lowest BCUT2D eigenvalue weighted by Crippen LogP contribution is -2.20. The third-order valence-electron chi connectivity index (χ3n) is 2.69. The molecule has 20 heavy (non-hydrogen) atoms. The predicted molar refractivity (Wildman–Crippen MR) is 87.9 cm³/mol. The first-order chi connectivity index (χ1) is 9.69. The minimum atomic E-state index is 0.698. The van der Waals surface area contributed by atoms with Crippen LogP contribution in [0.25, 0.3) is 0 Å². The third-order valence-corrected chi connectivity index (χ3v) is 3.93. The zero-order chi connectivity index (χ0) is 14.8. The average molecular weight is 411 g/mol. The maximum atomic E-state index is 5.76. The molecule has 0 atom stereocenters. The number of nitrogens with one attached hydrogen (secondary N) is 1. The molecule has 0 fully saturated rings. The molecule has 0 amide bonds. The Labute approximate surface area is 137 Å². The van der Waals surface area contributed by atoms with Crippen molar-refractivity contribution in [3.05, 3.63) is 21.1 Å². The van der Waals surface area contributed by atoms with Crippen molar-refractivity contribution < 1.29 is 14.2 Å². The second-order valence-electron chi connectivity index (χ2n) is 4.22. The largest absolute Gasteiger partial charge is 0.496 e. The van der Waals surface area contributed by atoms with Crippen molar-refractivity contribution in [1.29, 1.82) is 0 Å². The molecule has 0 bridgehead atoms. The number of ether oxygens (including phenoxy) is 3. The number of unbranched alkanes of at least 4 members (excludes halogenated alkanes) is 1. The third kappa shape index (κ3) is 6.43. The van der Waals surface area contributed by atoms with Crippen molar-refractivity contribution in [2.75, 3.05) is 40.5 Å². The van der Waals surface area contributed by atoms with Crippen LogP contribution in [0.1, 0.15) is 12.8 Å². The monoisotopic (exact) mass is 409 g/mol. The maximum absolute atomic E-state index is 5.76. The molecule has 114 valence electrons. The summed E-state index contributed by atoms with van der Waals surface area (Å²) in [7, 11) is 3.35. The van der Waals surface area contributed by atoms with E-state index in [2.05, 4.69) is 37.2 Å². The highest BCUT2D eigenvalue weighted by Gasteiger charge is 2.07. The fraction of sp³-hybridized carbons (Fsp3) is 0.571. The van der Waals surface area contributed by atoms with E-state index in [0.717, 1.165) is 53.0 Å². The Kier molecular flexibility index (Phi) is 9.26. The molecule has 0 radical (unpaired) electrons. The summed E-state index contributed by atoms with van der Waals surface area (Å²) in [5, 5.41) is 3.31. The van der Waals surface area contributed by atoms with Crippen molar-refractivity contribution in [1.82, 2.24) is 5.32 Å². The van der Waals surface area contributed by atoms with Gasteiger partial charge in [-0.15, -0.1) is 0 Å². The molecule has 0 spiro atoms. The van der Waals surface area contributed by atoms with E-state index in [9.17, 15) is 0 Å². The van der Waals surface area contributed by atoms with Crippen molar-refractivity contribution in [2.45, 2.75) is 12.8 Å². The van der Waals surface area contributed by atoms with Crippen molar-refractivity contribution in [3.8, 4) is 11.5 Å². The smallest absolute Gasteiger partial charge is 0.134 e. The topological polar surface area (TPSA) is 39.7 Å². The SMILES string of the molecule is COCCNCCCCOc1cc(Br)c(OC)cc1Br. The Morgan fingerprint density at radius 2 is 1.65 bits per heavy atom.